The van der Waals surface area contributed by atoms with Crippen molar-refractivity contribution in [3.05, 3.63) is 21.1 Å². The summed E-state index contributed by atoms with van der Waals surface area (Å²) in [7, 11) is 0. The summed E-state index contributed by atoms with van der Waals surface area (Å²) < 4.78 is 0. The van der Waals surface area contributed by atoms with E-state index < -0.39 is 6.10 Å². The highest BCUT2D eigenvalue weighted by Crippen LogP contribution is 2.40. The molecule has 1 aromatic rings. The summed E-state index contributed by atoms with van der Waals surface area (Å²) in [5.41, 5.74) is 0.0983. The van der Waals surface area contributed by atoms with E-state index in [2.05, 4.69) is 0 Å². The van der Waals surface area contributed by atoms with Crippen LogP contribution in [0.15, 0.2) is 6.07 Å². The molecule has 96 valence electrons. The summed E-state index contributed by atoms with van der Waals surface area (Å²) in [5, 5.41) is 21.1. The van der Waals surface area contributed by atoms with Crippen LogP contribution in [-0.4, -0.2) is 23.1 Å². The number of hydrogen-bond acceptors (Lipinski definition) is 5. The standard InChI is InChI=1S/C11H18N2O3S/c1-4-6-12(5-2)11-9(13(15)16)7-10(17-11)8(3)14/h7-8,14H,4-6H2,1-3H3/t8-/m1/s1. The summed E-state index contributed by atoms with van der Waals surface area (Å²) in [5.74, 6) is 0. The van der Waals surface area contributed by atoms with Crippen molar-refractivity contribution < 1.29 is 10.0 Å². The molecule has 1 heterocycles. The fourth-order valence-electron chi connectivity index (χ4n) is 1.63. The molecule has 1 aromatic heterocycles. The summed E-state index contributed by atoms with van der Waals surface area (Å²) in [6, 6.07) is 1.48. The fourth-order valence-corrected chi connectivity index (χ4v) is 2.78. The van der Waals surface area contributed by atoms with Gasteiger partial charge in [0.15, 0.2) is 5.00 Å². The highest BCUT2D eigenvalue weighted by molar-refractivity contribution is 7.16. The van der Waals surface area contributed by atoms with E-state index >= 15 is 0 Å². The van der Waals surface area contributed by atoms with Crippen molar-refractivity contribution in [2.45, 2.75) is 33.3 Å². The van der Waals surface area contributed by atoms with Gasteiger partial charge in [0, 0.05) is 24.0 Å². The third-order valence-corrected chi connectivity index (χ3v) is 3.84. The maximum absolute atomic E-state index is 11.0. The molecule has 0 fully saturated rings. The van der Waals surface area contributed by atoms with Gasteiger partial charge in [-0.3, -0.25) is 10.1 Å². The first-order valence-electron chi connectivity index (χ1n) is 5.72. The quantitative estimate of drug-likeness (QED) is 0.629. The molecular weight excluding hydrogens is 240 g/mol. The Bertz CT molecular complexity index is 390. The van der Waals surface area contributed by atoms with Crippen molar-refractivity contribution in [3.63, 3.8) is 0 Å². The van der Waals surface area contributed by atoms with Gasteiger partial charge in [0.1, 0.15) is 0 Å². The molecule has 0 aliphatic carbocycles. The summed E-state index contributed by atoms with van der Waals surface area (Å²) in [6.07, 6.45) is 0.278. The van der Waals surface area contributed by atoms with E-state index in [-0.39, 0.29) is 10.6 Å². The average Bonchev–Trinajstić information content (AvgIpc) is 2.70. The Hall–Kier alpha value is -1.14. The lowest BCUT2D eigenvalue weighted by Crippen LogP contribution is -2.23. The van der Waals surface area contributed by atoms with Crippen LogP contribution < -0.4 is 4.90 Å². The predicted molar refractivity (Wildman–Crippen MR) is 69.8 cm³/mol. The van der Waals surface area contributed by atoms with Gasteiger partial charge in [-0.2, -0.15) is 0 Å². The zero-order valence-electron chi connectivity index (χ0n) is 10.3. The first-order chi connectivity index (χ1) is 8.01. The molecule has 6 heteroatoms. The van der Waals surface area contributed by atoms with Crippen LogP contribution in [0.25, 0.3) is 0 Å². The third kappa shape index (κ3) is 3.17. The van der Waals surface area contributed by atoms with Crippen LogP contribution in [0.3, 0.4) is 0 Å². The van der Waals surface area contributed by atoms with E-state index in [9.17, 15) is 15.2 Å². The van der Waals surface area contributed by atoms with Crippen molar-refractivity contribution in [2.75, 3.05) is 18.0 Å². The Kier molecular flexibility index (Phi) is 4.89. The second-order valence-corrected chi connectivity index (χ2v) is 4.91. The maximum Gasteiger partial charge on any atom is 0.304 e. The van der Waals surface area contributed by atoms with E-state index in [4.69, 9.17) is 0 Å². The van der Waals surface area contributed by atoms with Gasteiger partial charge in [0.05, 0.1) is 11.0 Å². The third-order valence-electron chi connectivity index (χ3n) is 2.48. The molecule has 0 saturated carbocycles. The summed E-state index contributed by atoms with van der Waals surface area (Å²) >= 11 is 1.30. The van der Waals surface area contributed by atoms with Crippen molar-refractivity contribution >= 4 is 22.0 Å². The number of hydrogen-bond donors (Lipinski definition) is 1. The van der Waals surface area contributed by atoms with Crippen LogP contribution in [0.5, 0.6) is 0 Å². The van der Waals surface area contributed by atoms with Crippen LogP contribution >= 0.6 is 11.3 Å². The Balaban J connectivity index is 3.14. The van der Waals surface area contributed by atoms with Gasteiger partial charge in [-0.15, -0.1) is 11.3 Å². The Morgan fingerprint density at radius 3 is 2.65 bits per heavy atom. The van der Waals surface area contributed by atoms with Crippen molar-refractivity contribution in [1.29, 1.82) is 0 Å². The minimum Gasteiger partial charge on any atom is -0.388 e. The Morgan fingerprint density at radius 1 is 1.59 bits per heavy atom. The molecule has 0 saturated heterocycles. The predicted octanol–water partition coefficient (Wildman–Crippen LogP) is 2.95. The van der Waals surface area contributed by atoms with E-state index in [1.807, 2.05) is 18.7 Å². The Morgan fingerprint density at radius 2 is 2.24 bits per heavy atom. The molecule has 0 bridgehead atoms. The van der Waals surface area contributed by atoms with Gasteiger partial charge in [-0.25, -0.2) is 0 Å². The number of aliphatic hydroxyl groups is 1. The zero-order valence-corrected chi connectivity index (χ0v) is 11.2. The molecular formula is C11H18N2O3S. The molecule has 0 amide bonds. The van der Waals surface area contributed by atoms with Gasteiger partial charge in [-0.05, 0) is 20.3 Å². The highest BCUT2D eigenvalue weighted by atomic mass is 32.1. The molecule has 0 aliphatic rings. The highest BCUT2D eigenvalue weighted by Gasteiger charge is 2.24. The van der Waals surface area contributed by atoms with Gasteiger partial charge in [0.2, 0.25) is 0 Å². The van der Waals surface area contributed by atoms with Crippen LogP contribution in [-0.2, 0) is 0 Å². The second-order valence-electron chi connectivity index (χ2n) is 3.85. The molecule has 1 N–H and O–H groups in total. The monoisotopic (exact) mass is 258 g/mol. The normalized spacial score (nSPS) is 12.5. The lowest BCUT2D eigenvalue weighted by Gasteiger charge is -2.19. The Labute approximate surface area is 105 Å². The van der Waals surface area contributed by atoms with E-state index in [1.165, 1.54) is 17.4 Å². The van der Waals surface area contributed by atoms with Crippen LogP contribution in [0, 0.1) is 10.1 Å². The molecule has 5 nitrogen and oxygen atoms in total. The lowest BCUT2D eigenvalue weighted by atomic mass is 10.3. The molecule has 0 aromatic carbocycles. The minimum absolute atomic E-state index is 0.0983. The molecule has 1 rings (SSSR count). The second kappa shape index (κ2) is 5.97. The van der Waals surface area contributed by atoms with Gasteiger partial charge < -0.3 is 10.0 Å². The van der Waals surface area contributed by atoms with Crippen LogP contribution in [0.1, 0.15) is 38.2 Å². The van der Waals surface area contributed by atoms with E-state index in [0.717, 1.165) is 19.5 Å². The molecule has 0 aliphatic heterocycles. The topological polar surface area (TPSA) is 66.6 Å². The average molecular weight is 258 g/mol. The van der Waals surface area contributed by atoms with Crippen LogP contribution in [0.2, 0.25) is 0 Å². The van der Waals surface area contributed by atoms with Gasteiger partial charge in [0.25, 0.3) is 0 Å². The number of nitro groups is 1. The number of nitrogens with zero attached hydrogens (tertiary/aromatic N) is 2. The van der Waals surface area contributed by atoms with Crippen molar-refractivity contribution in [2.24, 2.45) is 0 Å². The minimum atomic E-state index is -0.659. The van der Waals surface area contributed by atoms with E-state index in [0.29, 0.717) is 9.88 Å². The molecule has 0 spiro atoms. The fraction of sp³-hybridized carbons (Fsp3) is 0.636. The molecule has 1 atom stereocenters. The zero-order chi connectivity index (χ0) is 13.0. The lowest BCUT2D eigenvalue weighted by molar-refractivity contribution is -0.383. The largest absolute Gasteiger partial charge is 0.388 e. The smallest absolute Gasteiger partial charge is 0.304 e. The molecule has 0 radical (unpaired) electrons. The first kappa shape index (κ1) is 13.9. The van der Waals surface area contributed by atoms with Crippen LogP contribution in [0.4, 0.5) is 10.7 Å². The van der Waals surface area contributed by atoms with E-state index in [1.54, 1.807) is 6.92 Å². The summed E-state index contributed by atoms with van der Waals surface area (Å²) in [6.45, 7) is 7.15. The van der Waals surface area contributed by atoms with Crippen molar-refractivity contribution in [3.8, 4) is 0 Å². The molecule has 0 unspecified atom stereocenters. The number of aliphatic hydroxyl groups excluding tert-OH is 1. The SMILES string of the molecule is CCCN(CC)c1sc([C@@H](C)O)cc1[N+](=O)[O-]. The maximum atomic E-state index is 11.0. The van der Waals surface area contributed by atoms with Gasteiger partial charge in [-0.1, -0.05) is 6.92 Å². The first-order valence-corrected chi connectivity index (χ1v) is 6.54. The van der Waals surface area contributed by atoms with Crippen molar-refractivity contribution in [1.82, 2.24) is 0 Å². The summed E-state index contributed by atoms with van der Waals surface area (Å²) in [4.78, 5) is 13.2. The number of rotatable bonds is 6. The number of thiophene rings is 1. The van der Waals surface area contributed by atoms with Gasteiger partial charge >= 0.3 is 5.69 Å². The molecule has 17 heavy (non-hydrogen) atoms. The number of anilines is 1.